The highest BCUT2D eigenvalue weighted by Crippen LogP contribution is 2.51. The van der Waals surface area contributed by atoms with Gasteiger partial charge in [-0.3, -0.25) is 4.99 Å². The van der Waals surface area contributed by atoms with Gasteiger partial charge in [0.15, 0.2) is 5.96 Å². The Kier molecular flexibility index (Phi) is 5.08. The molecule has 1 fully saturated rings. The average Bonchev–Trinajstić information content (AvgIpc) is 3.09. The minimum Gasteiger partial charge on any atom is -0.357 e. The summed E-state index contributed by atoms with van der Waals surface area (Å²) in [5, 5.41) is 6.92. The van der Waals surface area contributed by atoms with Crippen LogP contribution in [0, 0.1) is 0 Å². The van der Waals surface area contributed by atoms with Crippen LogP contribution in [0.4, 0.5) is 0 Å². The summed E-state index contributed by atoms with van der Waals surface area (Å²) in [7, 11) is 0. The normalized spacial score (nSPS) is 20.1. The summed E-state index contributed by atoms with van der Waals surface area (Å²) in [5.41, 5.74) is 0. The highest BCUT2D eigenvalue weighted by molar-refractivity contribution is 8.01. The molecule has 118 valence electrons. The van der Waals surface area contributed by atoms with E-state index in [2.05, 4.69) is 60.0 Å². The molecule has 0 saturated heterocycles. The van der Waals surface area contributed by atoms with Gasteiger partial charge in [-0.25, -0.2) is 0 Å². The Morgan fingerprint density at radius 2 is 1.95 bits per heavy atom. The Morgan fingerprint density at radius 1 is 1.23 bits per heavy atom. The van der Waals surface area contributed by atoms with Crippen molar-refractivity contribution in [2.24, 2.45) is 4.99 Å². The lowest BCUT2D eigenvalue weighted by atomic mass is 10.2. The lowest BCUT2D eigenvalue weighted by Gasteiger charge is -2.18. The Balaban J connectivity index is 1.57. The van der Waals surface area contributed by atoms with Crippen molar-refractivity contribution in [3.05, 3.63) is 42.5 Å². The molecule has 0 heterocycles. The predicted molar refractivity (Wildman–Crippen MR) is 95.5 cm³/mol. The number of thioether (sulfide) groups is 1. The summed E-state index contributed by atoms with van der Waals surface area (Å²) in [4.78, 5) is 6.21. The van der Waals surface area contributed by atoms with Crippen LogP contribution in [0.3, 0.4) is 0 Å². The van der Waals surface area contributed by atoms with Crippen LogP contribution >= 0.6 is 11.8 Å². The van der Waals surface area contributed by atoms with E-state index in [-0.39, 0.29) is 0 Å². The molecule has 22 heavy (non-hydrogen) atoms. The van der Waals surface area contributed by atoms with Crippen LogP contribution in [0.2, 0.25) is 0 Å². The van der Waals surface area contributed by atoms with Gasteiger partial charge in [0.1, 0.15) is 0 Å². The highest BCUT2D eigenvalue weighted by atomic mass is 32.2. The topological polar surface area (TPSA) is 36.4 Å². The van der Waals surface area contributed by atoms with Gasteiger partial charge in [0.05, 0.1) is 6.54 Å². The number of guanidine groups is 1. The quantitative estimate of drug-likeness (QED) is 0.478. The maximum Gasteiger partial charge on any atom is 0.191 e. The van der Waals surface area contributed by atoms with Crippen LogP contribution in [0.25, 0.3) is 0 Å². The van der Waals surface area contributed by atoms with Gasteiger partial charge in [0, 0.05) is 22.2 Å². The van der Waals surface area contributed by atoms with Gasteiger partial charge in [-0.2, -0.15) is 0 Å². The van der Waals surface area contributed by atoms with Crippen LogP contribution < -0.4 is 10.6 Å². The summed E-state index contributed by atoms with van der Waals surface area (Å²) in [6.45, 7) is 3.92. The maximum atomic E-state index is 4.85. The first-order valence-electron chi connectivity index (χ1n) is 8.24. The van der Waals surface area contributed by atoms with Crippen molar-refractivity contribution in [1.29, 1.82) is 0 Å². The third kappa shape index (κ3) is 4.29. The molecule has 2 aliphatic rings. The number of hydrogen-bond donors (Lipinski definition) is 2. The van der Waals surface area contributed by atoms with Crippen molar-refractivity contribution in [3.8, 4) is 0 Å². The lowest BCUT2D eigenvalue weighted by molar-refractivity contribution is 0.632. The predicted octanol–water partition coefficient (Wildman–Crippen LogP) is 3.59. The molecule has 2 aliphatic carbocycles. The Labute approximate surface area is 137 Å². The van der Waals surface area contributed by atoms with Crippen LogP contribution in [-0.2, 0) is 0 Å². The van der Waals surface area contributed by atoms with Crippen molar-refractivity contribution in [2.75, 3.05) is 13.1 Å². The van der Waals surface area contributed by atoms with E-state index in [1.807, 2.05) is 11.8 Å². The first kappa shape index (κ1) is 15.5. The summed E-state index contributed by atoms with van der Waals surface area (Å²) in [6, 6.07) is 11.2. The number of nitrogens with zero attached hydrogens (tertiary/aromatic N) is 1. The molecule has 0 aromatic heterocycles. The highest BCUT2D eigenvalue weighted by Gasteiger charge is 2.43. The van der Waals surface area contributed by atoms with Crippen molar-refractivity contribution in [3.63, 3.8) is 0 Å². The monoisotopic (exact) mass is 315 g/mol. The van der Waals surface area contributed by atoms with Crippen LogP contribution in [0.15, 0.2) is 52.4 Å². The van der Waals surface area contributed by atoms with Crippen LogP contribution in [0.1, 0.15) is 32.6 Å². The van der Waals surface area contributed by atoms with E-state index in [1.165, 1.54) is 17.7 Å². The van der Waals surface area contributed by atoms with E-state index < -0.39 is 0 Å². The number of rotatable bonds is 6. The number of aliphatic imine (C=N–C) groups is 1. The Morgan fingerprint density at radius 3 is 2.59 bits per heavy atom. The number of benzene rings is 1. The standard InChI is InChI=1S/C18H25N3S/c1-2-19-17(21-15-8-6-7-9-15)20-14-18(12-13-18)22-16-10-4-3-5-11-16/h3-7,10-11,15H,2,8-9,12-14H2,1H3,(H2,19,20,21). The molecular formula is C18H25N3S. The van der Waals surface area contributed by atoms with Crippen LogP contribution in [-0.4, -0.2) is 29.8 Å². The average molecular weight is 315 g/mol. The maximum absolute atomic E-state index is 4.85. The summed E-state index contributed by atoms with van der Waals surface area (Å²) in [6.07, 6.45) is 9.23. The van der Waals surface area contributed by atoms with E-state index in [9.17, 15) is 0 Å². The molecule has 2 N–H and O–H groups in total. The molecule has 0 spiro atoms. The zero-order valence-electron chi connectivity index (χ0n) is 13.2. The zero-order valence-corrected chi connectivity index (χ0v) is 14.0. The smallest absolute Gasteiger partial charge is 0.191 e. The molecule has 0 bridgehead atoms. The van der Waals surface area contributed by atoms with Crippen molar-refractivity contribution >= 4 is 17.7 Å². The molecule has 0 radical (unpaired) electrons. The van der Waals surface area contributed by atoms with Gasteiger partial charge >= 0.3 is 0 Å². The van der Waals surface area contributed by atoms with Gasteiger partial charge in [-0.15, -0.1) is 11.8 Å². The van der Waals surface area contributed by atoms with Gasteiger partial charge in [-0.05, 0) is 44.7 Å². The number of nitrogens with one attached hydrogen (secondary N) is 2. The fraction of sp³-hybridized carbons (Fsp3) is 0.500. The fourth-order valence-corrected chi connectivity index (χ4v) is 3.87. The summed E-state index contributed by atoms with van der Waals surface area (Å²) >= 11 is 1.98. The van der Waals surface area contributed by atoms with Gasteiger partial charge in [0.2, 0.25) is 0 Å². The lowest BCUT2D eigenvalue weighted by Crippen LogP contribution is -2.42. The van der Waals surface area contributed by atoms with Crippen molar-refractivity contribution in [1.82, 2.24) is 10.6 Å². The van der Waals surface area contributed by atoms with Gasteiger partial charge in [-0.1, -0.05) is 30.4 Å². The first-order valence-corrected chi connectivity index (χ1v) is 9.05. The first-order chi connectivity index (χ1) is 10.8. The second-order valence-electron chi connectivity index (χ2n) is 6.08. The van der Waals surface area contributed by atoms with E-state index in [1.54, 1.807) is 0 Å². The molecule has 1 aromatic carbocycles. The molecule has 3 nitrogen and oxygen atoms in total. The van der Waals surface area contributed by atoms with Crippen molar-refractivity contribution < 1.29 is 0 Å². The van der Waals surface area contributed by atoms with E-state index >= 15 is 0 Å². The number of hydrogen-bond acceptors (Lipinski definition) is 2. The van der Waals surface area contributed by atoms with E-state index in [0.717, 1.165) is 31.9 Å². The Bertz CT molecular complexity index is 527. The second kappa shape index (κ2) is 7.23. The largest absolute Gasteiger partial charge is 0.357 e. The third-order valence-corrected chi connectivity index (χ3v) is 5.58. The van der Waals surface area contributed by atoms with Crippen LogP contribution in [0.5, 0.6) is 0 Å². The molecule has 4 heteroatoms. The minimum atomic E-state index is 0.317. The Hall–Kier alpha value is -1.42. The van der Waals surface area contributed by atoms with Crippen molar-refractivity contribution in [2.45, 2.75) is 48.3 Å². The minimum absolute atomic E-state index is 0.317. The third-order valence-electron chi connectivity index (χ3n) is 4.10. The summed E-state index contributed by atoms with van der Waals surface area (Å²) < 4.78 is 0.317. The SMILES string of the molecule is CCNC(=NCC1(Sc2ccccc2)CC1)NC1CC=CC1. The van der Waals surface area contributed by atoms with E-state index in [4.69, 9.17) is 4.99 Å². The molecular weight excluding hydrogens is 290 g/mol. The van der Waals surface area contributed by atoms with Gasteiger partial charge < -0.3 is 10.6 Å². The molecule has 0 amide bonds. The fourth-order valence-electron chi connectivity index (χ4n) is 2.64. The summed E-state index contributed by atoms with van der Waals surface area (Å²) in [5.74, 6) is 0.969. The molecule has 3 rings (SSSR count). The molecule has 0 unspecified atom stereocenters. The molecule has 1 aromatic rings. The van der Waals surface area contributed by atoms with Gasteiger partial charge in [0.25, 0.3) is 0 Å². The van der Waals surface area contributed by atoms with E-state index in [0.29, 0.717) is 10.8 Å². The molecule has 0 atom stereocenters. The molecule has 0 aliphatic heterocycles. The molecule has 1 saturated carbocycles. The second-order valence-corrected chi connectivity index (χ2v) is 7.62. The zero-order chi connectivity index (χ0) is 15.3.